The lowest BCUT2D eigenvalue weighted by Crippen LogP contribution is -2.24. The first-order valence-electron chi connectivity index (χ1n) is 12.2. The van der Waals surface area contributed by atoms with Gasteiger partial charge in [-0.1, -0.05) is 0 Å². The highest BCUT2D eigenvalue weighted by Gasteiger charge is 2.19. The maximum atomic E-state index is 12.8. The van der Waals surface area contributed by atoms with Crippen LogP contribution in [0.4, 0.5) is 5.82 Å². The van der Waals surface area contributed by atoms with Crippen LogP contribution in [0.3, 0.4) is 0 Å². The van der Waals surface area contributed by atoms with Gasteiger partial charge in [-0.3, -0.25) is 14.8 Å². The fourth-order valence-electron chi connectivity index (χ4n) is 4.02. The predicted octanol–water partition coefficient (Wildman–Crippen LogP) is 3.36. The lowest BCUT2D eigenvalue weighted by molar-refractivity contribution is -0.113. The quantitative estimate of drug-likeness (QED) is 0.234. The molecule has 200 valence electrons. The zero-order valence-electron chi connectivity index (χ0n) is 21.9. The summed E-state index contributed by atoms with van der Waals surface area (Å²) in [6, 6.07) is 8.80. The zero-order chi connectivity index (χ0) is 27.1. The van der Waals surface area contributed by atoms with Crippen molar-refractivity contribution in [2.24, 2.45) is 10.7 Å². The second-order valence-electron chi connectivity index (χ2n) is 8.66. The largest absolute Gasteiger partial charge is 0.493 e. The number of carbonyl (C=O) groups is 1. The Morgan fingerprint density at radius 2 is 1.97 bits per heavy atom. The molecule has 0 bridgehead atoms. The molecule has 2 aromatic heterocycles. The monoisotopic (exact) mass is 520 g/mol. The SMILES string of the molecule is CCOC(C=NC1CCN(C)C1)=C(N)C(=O)Nc1ccc(Oc2ccnc3cc(OC)c(OC)cc23)cn1. The van der Waals surface area contributed by atoms with Gasteiger partial charge >= 0.3 is 0 Å². The fraction of sp³-hybridized carbons (Fsp3) is 0.333. The Kier molecular flexibility index (Phi) is 8.59. The van der Waals surface area contributed by atoms with E-state index >= 15 is 0 Å². The summed E-state index contributed by atoms with van der Waals surface area (Å²) in [5.74, 6) is 2.17. The molecule has 1 aliphatic rings. The molecule has 3 aromatic rings. The molecule has 3 N–H and O–H groups in total. The number of carbonyl (C=O) groups excluding carboxylic acids is 1. The normalized spacial score (nSPS) is 16.4. The van der Waals surface area contributed by atoms with Gasteiger partial charge in [-0.15, -0.1) is 0 Å². The van der Waals surface area contributed by atoms with Crippen LogP contribution in [0.25, 0.3) is 10.9 Å². The molecule has 1 saturated heterocycles. The van der Waals surface area contributed by atoms with Gasteiger partial charge in [-0.25, -0.2) is 4.98 Å². The number of nitrogens with one attached hydrogen (secondary N) is 1. The first kappa shape index (κ1) is 26.7. The summed E-state index contributed by atoms with van der Waals surface area (Å²) in [5, 5.41) is 3.43. The number of benzene rings is 1. The number of pyridine rings is 2. The molecule has 4 rings (SSSR count). The molecular formula is C27H32N6O5. The Hall–Kier alpha value is -4.38. The lowest BCUT2D eigenvalue weighted by atomic mass is 10.2. The third-order valence-electron chi connectivity index (χ3n) is 5.99. The van der Waals surface area contributed by atoms with E-state index in [4.69, 9.17) is 24.7 Å². The molecule has 1 aromatic carbocycles. The van der Waals surface area contributed by atoms with E-state index in [1.165, 1.54) is 12.4 Å². The van der Waals surface area contributed by atoms with Gasteiger partial charge in [0.05, 0.1) is 44.8 Å². The minimum Gasteiger partial charge on any atom is -0.493 e. The van der Waals surface area contributed by atoms with Crippen molar-refractivity contribution in [3.63, 3.8) is 0 Å². The first-order chi connectivity index (χ1) is 18.4. The van der Waals surface area contributed by atoms with Crippen molar-refractivity contribution in [2.75, 3.05) is 46.3 Å². The van der Waals surface area contributed by atoms with Crippen LogP contribution in [0.1, 0.15) is 13.3 Å². The van der Waals surface area contributed by atoms with E-state index in [-0.39, 0.29) is 17.5 Å². The van der Waals surface area contributed by atoms with Crippen molar-refractivity contribution < 1.29 is 23.7 Å². The number of aliphatic imine (C=N–C) groups is 1. The van der Waals surface area contributed by atoms with E-state index in [0.717, 1.165) is 24.9 Å². The molecule has 38 heavy (non-hydrogen) atoms. The van der Waals surface area contributed by atoms with Gasteiger partial charge in [0.25, 0.3) is 5.91 Å². The van der Waals surface area contributed by atoms with Gasteiger partial charge in [0, 0.05) is 24.2 Å². The third-order valence-corrected chi connectivity index (χ3v) is 5.99. The number of likely N-dealkylation sites (tertiary alicyclic amines) is 1. The number of nitrogens with zero attached hydrogens (tertiary/aromatic N) is 4. The Bertz CT molecular complexity index is 1340. The summed E-state index contributed by atoms with van der Waals surface area (Å²) in [6.07, 6.45) is 5.64. The number of hydrogen-bond acceptors (Lipinski definition) is 10. The van der Waals surface area contributed by atoms with E-state index in [1.807, 2.05) is 14.0 Å². The van der Waals surface area contributed by atoms with Crippen molar-refractivity contribution >= 4 is 28.8 Å². The molecule has 1 aliphatic heterocycles. The number of allylic oxidation sites excluding steroid dienone is 1. The van der Waals surface area contributed by atoms with E-state index < -0.39 is 5.91 Å². The van der Waals surface area contributed by atoms with Crippen molar-refractivity contribution in [2.45, 2.75) is 19.4 Å². The van der Waals surface area contributed by atoms with Crippen LogP contribution in [0.2, 0.25) is 0 Å². The second kappa shape index (κ2) is 12.2. The number of aromatic nitrogens is 2. The smallest absolute Gasteiger partial charge is 0.276 e. The van der Waals surface area contributed by atoms with Crippen LogP contribution in [0, 0.1) is 0 Å². The third kappa shape index (κ3) is 6.30. The van der Waals surface area contributed by atoms with E-state index in [1.54, 1.807) is 50.7 Å². The molecule has 3 heterocycles. The average Bonchev–Trinajstić information content (AvgIpc) is 3.35. The number of amides is 1. The van der Waals surface area contributed by atoms with Gasteiger partial charge in [0.2, 0.25) is 0 Å². The Balaban J connectivity index is 1.46. The topological polar surface area (TPSA) is 133 Å². The van der Waals surface area contributed by atoms with E-state index in [9.17, 15) is 4.79 Å². The van der Waals surface area contributed by atoms with E-state index in [0.29, 0.717) is 40.9 Å². The van der Waals surface area contributed by atoms with Gasteiger partial charge in [-0.05, 0) is 51.2 Å². The Morgan fingerprint density at radius 3 is 2.63 bits per heavy atom. The number of hydrogen-bond donors (Lipinski definition) is 2. The minimum absolute atomic E-state index is 0.0725. The lowest BCUT2D eigenvalue weighted by Gasteiger charge is -2.13. The van der Waals surface area contributed by atoms with Crippen LogP contribution in [0.15, 0.2) is 59.2 Å². The number of fused-ring (bicyclic) bond motifs is 1. The van der Waals surface area contributed by atoms with Gasteiger partial charge < -0.3 is 34.9 Å². The number of likely N-dealkylation sites (N-methyl/N-ethyl adjacent to an activating group) is 1. The van der Waals surface area contributed by atoms with Gasteiger partial charge in [0.1, 0.15) is 23.0 Å². The molecule has 0 radical (unpaired) electrons. The molecular weight excluding hydrogens is 488 g/mol. The van der Waals surface area contributed by atoms with Crippen molar-refractivity contribution in [3.05, 3.63) is 54.2 Å². The average molecular weight is 521 g/mol. The number of methoxy groups -OCH3 is 2. The molecule has 1 fully saturated rings. The maximum absolute atomic E-state index is 12.8. The fourth-order valence-corrected chi connectivity index (χ4v) is 4.02. The number of rotatable bonds is 10. The van der Waals surface area contributed by atoms with Crippen LogP contribution in [-0.2, 0) is 9.53 Å². The van der Waals surface area contributed by atoms with Crippen molar-refractivity contribution in [3.8, 4) is 23.0 Å². The number of anilines is 1. The highest BCUT2D eigenvalue weighted by molar-refractivity contribution is 6.05. The summed E-state index contributed by atoms with van der Waals surface area (Å²) >= 11 is 0. The molecule has 1 atom stereocenters. The minimum atomic E-state index is -0.536. The van der Waals surface area contributed by atoms with Crippen LogP contribution >= 0.6 is 0 Å². The summed E-state index contributed by atoms with van der Waals surface area (Å²) in [6.45, 7) is 4.02. The maximum Gasteiger partial charge on any atom is 0.276 e. The molecule has 1 unspecified atom stereocenters. The van der Waals surface area contributed by atoms with Crippen LogP contribution < -0.4 is 25.3 Å². The molecule has 1 amide bonds. The van der Waals surface area contributed by atoms with E-state index in [2.05, 4.69) is 25.2 Å². The van der Waals surface area contributed by atoms with Crippen LogP contribution in [-0.4, -0.2) is 74.0 Å². The molecule has 11 nitrogen and oxygen atoms in total. The summed E-state index contributed by atoms with van der Waals surface area (Å²) < 4.78 is 22.4. The Labute approximate surface area is 221 Å². The van der Waals surface area contributed by atoms with Gasteiger partial charge in [-0.2, -0.15) is 0 Å². The predicted molar refractivity (Wildman–Crippen MR) is 145 cm³/mol. The van der Waals surface area contributed by atoms with Gasteiger partial charge in [0.15, 0.2) is 17.3 Å². The second-order valence-corrected chi connectivity index (χ2v) is 8.66. The molecule has 0 saturated carbocycles. The number of ether oxygens (including phenoxy) is 4. The zero-order valence-corrected chi connectivity index (χ0v) is 21.9. The summed E-state index contributed by atoms with van der Waals surface area (Å²) in [7, 11) is 5.19. The first-order valence-corrected chi connectivity index (χ1v) is 12.2. The Morgan fingerprint density at radius 1 is 1.18 bits per heavy atom. The molecule has 11 heteroatoms. The molecule has 0 aliphatic carbocycles. The summed E-state index contributed by atoms with van der Waals surface area (Å²) in [5.41, 5.74) is 6.72. The van der Waals surface area contributed by atoms with Crippen molar-refractivity contribution in [1.29, 1.82) is 0 Å². The molecule has 0 spiro atoms. The summed E-state index contributed by atoms with van der Waals surface area (Å²) in [4.78, 5) is 28.2. The number of nitrogens with two attached hydrogens (primary N) is 1. The highest BCUT2D eigenvalue weighted by atomic mass is 16.5. The highest BCUT2D eigenvalue weighted by Crippen LogP contribution is 2.36. The van der Waals surface area contributed by atoms with Crippen LogP contribution in [0.5, 0.6) is 23.0 Å². The standard InChI is InChI=1S/C27H32N6O5/c1-5-37-24(15-30-17-9-11-33(2)16-17)26(28)27(34)32-25-7-6-18(14-31-25)38-21-8-10-29-20-13-23(36-4)22(35-3)12-19(20)21/h6-8,10,12-15,17H,5,9,11,16,28H2,1-4H3,(H,31,32,34). The van der Waals surface area contributed by atoms with Crippen molar-refractivity contribution in [1.82, 2.24) is 14.9 Å².